The van der Waals surface area contributed by atoms with Gasteiger partial charge in [-0.25, -0.2) is 0 Å². The molecule has 0 radical (unpaired) electrons. The third kappa shape index (κ3) is 41.0. The van der Waals surface area contributed by atoms with Crippen molar-refractivity contribution in [2.24, 2.45) is 0 Å². The molecule has 1 fully saturated rings. The second kappa shape index (κ2) is 51.7. The predicted octanol–water partition coefficient (Wildman–Crippen LogP) is 18.9. The van der Waals surface area contributed by atoms with E-state index in [9.17, 15) is 14.7 Å². The van der Waals surface area contributed by atoms with Crippen LogP contribution in [0.2, 0.25) is 0 Å². The molecule has 6 heteroatoms. The summed E-state index contributed by atoms with van der Waals surface area (Å²) >= 11 is 0. The number of carbonyl (C=O) groups excluding carboxylic acids is 2. The third-order valence-corrected chi connectivity index (χ3v) is 15.9. The summed E-state index contributed by atoms with van der Waals surface area (Å²) in [6.07, 6.45) is 60.8. The average molecular weight is 973 g/mol. The molecule has 0 aromatic rings. The van der Waals surface area contributed by atoms with Crippen LogP contribution in [-0.4, -0.2) is 83.0 Å². The zero-order valence-electron chi connectivity index (χ0n) is 47.7. The molecule has 2 amide bonds. The number of rotatable bonds is 53. The van der Waals surface area contributed by atoms with E-state index in [-0.39, 0.29) is 6.10 Å². The van der Waals surface area contributed by atoms with Gasteiger partial charge in [0.15, 0.2) is 0 Å². The summed E-state index contributed by atoms with van der Waals surface area (Å²) in [5.41, 5.74) is 0. The minimum Gasteiger partial charge on any atom is -0.391 e. The lowest BCUT2D eigenvalue weighted by Gasteiger charge is -2.34. The molecule has 1 saturated carbocycles. The highest BCUT2D eigenvalue weighted by molar-refractivity contribution is 5.76. The molecule has 0 unspecified atom stereocenters. The summed E-state index contributed by atoms with van der Waals surface area (Å²) in [6.45, 7) is 15.2. The van der Waals surface area contributed by atoms with Gasteiger partial charge in [-0.15, -0.1) is 0 Å². The molecule has 0 heterocycles. The second-order valence-corrected chi connectivity index (χ2v) is 22.5. The highest BCUT2D eigenvalue weighted by Crippen LogP contribution is 2.25. The minimum absolute atomic E-state index is 0.191. The normalized spacial score (nSPS) is 15.3. The monoisotopic (exact) mass is 972 g/mol. The molecule has 0 aromatic carbocycles. The molecule has 410 valence electrons. The van der Waals surface area contributed by atoms with Crippen LogP contribution in [0, 0.1) is 0 Å². The first-order chi connectivity index (χ1) is 34.0. The zero-order chi connectivity index (χ0) is 49.9. The summed E-state index contributed by atoms with van der Waals surface area (Å²) in [6, 6.07) is 0.309. The number of hydrogen-bond donors (Lipinski definition) is 1. The van der Waals surface area contributed by atoms with Crippen LogP contribution in [-0.2, 0) is 9.59 Å². The Kier molecular flexibility index (Phi) is 49.4. The van der Waals surface area contributed by atoms with Gasteiger partial charge in [0.25, 0.3) is 0 Å². The largest absolute Gasteiger partial charge is 0.391 e. The van der Waals surface area contributed by atoms with Gasteiger partial charge >= 0.3 is 0 Å². The molecular formula is C63H125N3O3. The van der Waals surface area contributed by atoms with Crippen molar-refractivity contribution >= 4 is 11.8 Å². The van der Waals surface area contributed by atoms with Gasteiger partial charge in [0.05, 0.1) is 6.10 Å². The number of nitrogens with zero attached hydrogens (tertiary/aromatic N) is 3. The lowest BCUT2D eigenvalue weighted by molar-refractivity contribution is -0.132. The Morgan fingerprint density at radius 2 is 0.565 bits per heavy atom. The first-order valence-corrected chi connectivity index (χ1v) is 32.0. The van der Waals surface area contributed by atoms with Crippen LogP contribution in [0.25, 0.3) is 0 Å². The van der Waals surface area contributed by atoms with Crippen LogP contribution >= 0.6 is 0 Å². The number of aliphatic hydroxyl groups is 1. The summed E-state index contributed by atoms with van der Waals surface area (Å²) < 4.78 is 0. The van der Waals surface area contributed by atoms with E-state index in [0.717, 1.165) is 97.1 Å². The molecule has 0 aliphatic heterocycles. The van der Waals surface area contributed by atoms with E-state index < -0.39 is 0 Å². The Labute approximate surface area is 433 Å². The van der Waals surface area contributed by atoms with Gasteiger partial charge in [0, 0.05) is 45.1 Å². The molecule has 0 spiro atoms. The Morgan fingerprint density at radius 3 is 0.870 bits per heavy atom. The number of amides is 2. The van der Waals surface area contributed by atoms with Gasteiger partial charge in [-0.05, 0) is 77.3 Å². The molecule has 6 nitrogen and oxygen atoms in total. The fraction of sp³-hybridized carbons (Fsp3) is 0.968. The highest BCUT2D eigenvalue weighted by Gasteiger charge is 2.27. The average Bonchev–Trinajstić information content (AvgIpc) is 3.58. The van der Waals surface area contributed by atoms with E-state index in [1.54, 1.807) is 0 Å². The topological polar surface area (TPSA) is 64.1 Å². The van der Waals surface area contributed by atoms with E-state index in [1.807, 2.05) is 0 Å². The maximum Gasteiger partial charge on any atom is 0.222 e. The second-order valence-electron chi connectivity index (χ2n) is 22.5. The Hall–Kier alpha value is -1.14. The Morgan fingerprint density at radius 1 is 0.319 bits per heavy atom. The molecule has 1 aliphatic rings. The lowest BCUT2D eigenvalue weighted by Crippen LogP contribution is -2.44. The SMILES string of the molecule is CCCCCCCCCCN(CCCCCCCCCC)C(=O)CCCCCCCN(CCCCCCCC(=O)N(CCCCCCCCCC)CCCCCCCCCC)[C@H]1CCCCC[C@@H]1O. The molecule has 2 atom stereocenters. The summed E-state index contributed by atoms with van der Waals surface area (Å²) in [5, 5.41) is 11.2. The van der Waals surface area contributed by atoms with Crippen LogP contribution in [0.5, 0.6) is 0 Å². The highest BCUT2D eigenvalue weighted by atomic mass is 16.3. The smallest absolute Gasteiger partial charge is 0.222 e. The maximum atomic E-state index is 13.5. The Bertz CT molecular complexity index is 960. The van der Waals surface area contributed by atoms with Crippen LogP contribution in [0.3, 0.4) is 0 Å². The van der Waals surface area contributed by atoms with Crippen LogP contribution in [0.15, 0.2) is 0 Å². The molecule has 1 N–H and O–H groups in total. The molecular weight excluding hydrogens is 847 g/mol. The number of carbonyl (C=O) groups is 2. The van der Waals surface area contributed by atoms with Gasteiger partial charge in [0.1, 0.15) is 0 Å². The van der Waals surface area contributed by atoms with E-state index in [1.165, 1.54) is 257 Å². The van der Waals surface area contributed by atoms with Crippen LogP contribution in [0.1, 0.15) is 342 Å². The van der Waals surface area contributed by atoms with Crippen LogP contribution < -0.4 is 0 Å². The van der Waals surface area contributed by atoms with Crippen molar-refractivity contribution < 1.29 is 14.7 Å². The molecule has 1 rings (SSSR count). The van der Waals surface area contributed by atoms with Crippen molar-refractivity contribution in [2.75, 3.05) is 39.3 Å². The van der Waals surface area contributed by atoms with Gasteiger partial charge in [-0.2, -0.15) is 0 Å². The summed E-state index contributed by atoms with van der Waals surface area (Å²) in [7, 11) is 0. The Balaban J connectivity index is 2.49. The maximum absolute atomic E-state index is 13.5. The number of hydrogen-bond acceptors (Lipinski definition) is 4. The van der Waals surface area contributed by atoms with Gasteiger partial charge in [0.2, 0.25) is 11.8 Å². The third-order valence-electron chi connectivity index (χ3n) is 15.9. The van der Waals surface area contributed by atoms with Crippen molar-refractivity contribution in [3.05, 3.63) is 0 Å². The zero-order valence-corrected chi connectivity index (χ0v) is 47.7. The minimum atomic E-state index is -0.191. The predicted molar refractivity (Wildman–Crippen MR) is 303 cm³/mol. The van der Waals surface area contributed by atoms with Crippen molar-refractivity contribution in [1.29, 1.82) is 0 Å². The first kappa shape index (κ1) is 65.9. The lowest BCUT2D eigenvalue weighted by atomic mass is 10.0. The molecule has 0 bridgehead atoms. The van der Waals surface area contributed by atoms with Crippen molar-refractivity contribution in [1.82, 2.24) is 14.7 Å². The van der Waals surface area contributed by atoms with E-state index in [0.29, 0.717) is 17.9 Å². The van der Waals surface area contributed by atoms with Gasteiger partial charge in [-0.3, -0.25) is 14.5 Å². The van der Waals surface area contributed by atoms with Crippen molar-refractivity contribution in [3.8, 4) is 0 Å². The fourth-order valence-electron chi connectivity index (χ4n) is 11.2. The van der Waals surface area contributed by atoms with Gasteiger partial charge < -0.3 is 14.9 Å². The summed E-state index contributed by atoms with van der Waals surface area (Å²) in [5.74, 6) is 0.817. The molecule has 69 heavy (non-hydrogen) atoms. The van der Waals surface area contributed by atoms with Crippen molar-refractivity contribution in [3.63, 3.8) is 0 Å². The molecule has 0 saturated heterocycles. The van der Waals surface area contributed by atoms with E-state index in [4.69, 9.17) is 0 Å². The molecule has 1 aliphatic carbocycles. The van der Waals surface area contributed by atoms with Gasteiger partial charge in [-0.1, -0.05) is 265 Å². The van der Waals surface area contributed by atoms with Crippen molar-refractivity contribution in [2.45, 2.75) is 354 Å². The fourth-order valence-corrected chi connectivity index (χ4v) is 11.2. The number of aliphatic hydroxyl groups excluding tert-OH is 1. The number of unbranched alkanes of at least 4 members (excludes halogenated alkanes) is 36. The van der Waals surface area contributed by atoms with E-state index in [2.05, 4.69) is 42.4 Å². The quantitative estimate of drug-likeness (QED) is 0.0487. The van der Waals surface area contributed by atoms with Crippen LogP contribution in [0.4, 0.5) is 0 Å². The molecule has 0 aromatic heterocycles. The first-order valence-electron chi connectivity index (χ1n) is 32.0. The van der Waals surface area contributed by atoms with E-state index >= 15 is 0 Å². The summed E-state index contributed by atoms with van der Waals surface area (Å²) in [4.78, 5) is 34.2. The standard InChI is InChI=1S/C63H125N3O3/c1-5-9-13-17-21-25-33-46-56-65(57-47-34-26-22-18-14-10-6-2)62(68)52-42-31-29-37-44-54-64(60-50-40-39-41-51-61(60)67)55-45-38-30-32-43-53-63(69)66(58-48-35-27-23-19-15-11-7-3)59-49-36-28-24-20-16-12-8-4/h60-61,67H,5-59H2,1-4H3/t60-,61-/m0/s1.